The Bertz CT molecular complexity index is 735. The van der Waals surface area contributed by atoms with Gasteiger partial charge < -0.3 is 10.1 Å². The van der Waals surface area contributed by atoms with Crippen LogP contribution in [-0.2, 0) is 0 Å². The van der Waals surface area contributed by atoms with E-state index in [-0.39, 0.29) is 0 Å². The lowest BCUT2D eigenvalue weighted by atomic mass is 10.1. The first kappa shape index (κ1) is 13.6. The van der Waals surface area contributed by atoms with Crippen LogP contribution in [0.15, 0.2) is 53.9 Å². The van der Waals surface area contributed by atoms with Crippen LogP contribution in [0.4, 0.5) is 10.8 Å². The number of methoxy groups -OCH3 is 1. The first-order valence-electron chi connectivity index (χ1n) is 6.69. The number of thiazole rings is 1. The van der Waals surface area contributed by atoms with Crippen molar-refractivity contribution < 1.29 is 4.74 Å². The second-order valence-corrected chi connectivity index (χ2v) is 5.59. The quantitative estimate of drug-likeness (QED) is 0.745. The number of nitrogens with one attached hydrogen (secondary N) is 1. The summed E-state index contributed by atoms with van der Waals surface area (Å²) in [7, 11) is 1.68. The van der Waals surface area contributed by atoms with Crippen molar-refractivity contribution >= 4 is 22.2 Å². The zero-order valence-corrected chi connectivity index (χ0v) is 12.8. The zero-order valence-electron chi connectivity index (χ0n) is 12.0. The molecule has 0 fully saturated rings. The Morgan fingerprint density at radius 2 is 1.81 bits per heavy atom. The van der Waals surface area contributed by atoms with Gasteiger partial charge in [0.25, 0.3) is 0 Å². The molecule has 4 heteroatoms. The Hall–Kier alpha value is -2.33. The molecule has 3 aromatic rings. The number of anilines is 2. The fraction of sp³-hybridized carbons (Fsp3) is 0.118. The van der Waals surface area contributed by atoms with Crippen LogP contribution in [-0.4, -0.2) is 12.1 Å². The minimum absolute atomic E-state index is 0.838. The van der Waals surface area contributed by atoms with E-state index >= 15 is 0 Å². The molecular weight excluding hydrogens is 280 g/mol. The number of rotatable bonds is 4. The maximum Gasteiger partial charge on any atom is 0.187 e. The smallest absolute Gasteiger partial charge is 0.187 e. The van der Waals surface area contributed by atoms with E-state index in [4.69, 9.17) is 4.74 Å². The van der Waals surface area contributed by atoms with Crippen molar-refractivity contribution in [3.8, 4) is 17.0 Å². The predicted molar refractivity (Wildman–Crippen MR) is 88.6 cm³/mol. The summed E-state index contributed by atoms with van der Waals surface area (Å²) in [6, 6.07) is 16.2. The topological polar surface area (TPSA) is 34.1 Å². The summed E-state index contributed by atoms with van der Waals surface area (Å²) in [4.78, 5) is 4.63. The summed E-state index contributed by atoms with van der Waals surface area (Å²) < 4.78 is 5.38. The third kappa shape index (κ3) is 3.06. The molecule has 0 aliphatic heterocycles. The van der Waals surface area contributed by atoms with Gasteiger partial charge in [-0.25, -0.2) is 4.98 Å². The monoisotopic (exact) mass is 296 g/mol. The van der Waals surface area contributed by atoms with E-state index in [1.807, 2.05) is 29.6 Å². The molecule has 3 nitrogen and oxygen atoms in total. The molecule has 0 saturated heterocycles. The molecule has 106 valence electrons. The van der Waals surface area contributed by atoms with Crippen molar-refractivity contribution in [1.29, 1.82) is 0 Å². The maximum absolute atomic E-state index is 5.38. The molecule has 0 bridgehead atoms. The molecule has 0 aliphatic rings. The summed E-state index contributed by atoms with van der Waals surface area (Å²) in [5, 5.41) is 6.24. The van der Waals surface area contributed by atoms with Crippen LogP contribution >= 0.6 is 11.3 Å². The zero-order chi connectivity index (χ0) is 14.7. The lowest BCUT2D eigenvalue weighted by molar-refractivity contribution is 0.416. The van der Waals surface area contributed by atoms with Crippen LogP contribution < -0.4 is 10.1 Å². The van der Waals surface area contributed by atoms with Crippen LogP contribution in [0.1, 0.15) is 5.56 Å². The fourth-order valence-corrected chi connectivity index (χ4v) is 2.80. The van der Waals surface area contributed by atoms with Gasteiger partial charge in [0.15, 0.2) is 5.13 Å². The van der Waals surface area contributed by atoms with Gasteiger partial charge in [-0.05, 0) is 31.2 Å². The van der Waals surface area contributed by atoms with Crippen LogP contribution in [0.3, 0.4) is 0 Å². The Morgan fingerprint density at radius 3 is 2.57 bits per heavy atom. The fourth-order valence-electron chi connectivity index (χ4n) is 2.07. The predicted octanol–water partition coefficient (Wildman–Crippen LogP) is 4.87. The molecule has 0 radical (unpaired) electrons. The minimum atomic E-state index is 0.838. The molecule has 0 aliphatic carbocycles. The van der Waals surface area contributed by atoms with E-state index in [1.165, 1.54) is 5.56 Å². The first-order chi connectivity index (χ1) is 10.3. The number of benzene rings is 2. The van der Waals surface area contributed by atoms with Gasteiger partial charge in [0.05, 0.1) is 12.8 Å². The third-order valence-corrected chi connectivity index (χ3v) is 3.95. The van der Waals surface area contributed by atoms with Gasteiger partial charge in [0.2, 0.25) is 0 Å². The van der Waals surface area contributed by atoms with E-state index in [1.54, 1.807) is 18.4 Å². The number of ether oxygens (including phenoxy) is 1. The Kier molecular flexibility index (Phi) is 3.88. The van der Waals surface area contributed by atoms with Crippen LogP contribution in [0.5, 0.6) is 5.75 Å². The van der Waals surface area contributed by atoms with E-state index < -0.39 is 0 Å². The molecule has 0 unspecified atom stereocenters. The second kappa shape index (κ2) is 5.97. The van der Waals surface area contributed by atoms with E-state index in [2.05, 4.69) is 41.5 Å². The third-order valence-electron chi connectivity index (χ3n) is 3.19. The molecular formula is C17H16N2OS. The van der Waals surface area contributed by atoms with Crippen molar-refractivity contribution in [2.45, 2.75) is 6.92 Å². The van der Waals surface area contributed by atoms with Crippen LogP contribution in [0, 0.1) is 6.92 Å². The normalized spacial score (nSPS) is 10.4. The van der Waals surface area contributed by atoms with Gasteiger partial charge >= 0.3 is 0 Å². The first-order valence-corrected chi connectivity index (χ1v) is 7.57. The lowest BCUT2D eigenvalue weighted by Gasteiger charge is -2.05. The minimum Gasteiger partial charge on any atom is -0.496 e. The molecule has 3 rings (SSSR count). The van der Waals surface area contributed by atoms with E-state index in [0.29, 0.717) is 0 Å². The summed E-state index contributed by atoms with van der Waals surface area (Å²) >= 11 is 1.58. The molecule has 1 aromatic heterocycles. The Labute approximate surface area is 128 Å². The highest BCUT2D eigenvalue weighted by atomic mass is 32.1. The number of nitrogens with zero attached hydrogens (tertiary/aromatic N) is 1. The molecule has 0 atom stereocenters. The number of hydrogen-bond donors (Lipinski definition) is 1. The summed E-state index contributed by atoms with van der Waals surface area (Å²) in [6.45, 7) is 2.08. The van der Waals surface area contributed by atoms with Crippen molar-refractivity contribution in [3.05, 3.63) is 59.5 Å². The molecule has 1 N–H and O–H groups in total. The van der Waals surface area contributed by atoms with Crippen LogP contribution in [0.2, 0.25) is 0 Å². The summed E-state index contributed by atoms with van der Waals surface area (Å²) in [6.07, 6.45) is 0. The molecule has 0 spiro atoms. The highest BCUT2D eigenvalue weighted by Crippen LogP contribution is 2.32. The average Bonchev–Trinajstić information content (AvgIpc) is 2.98. The Balaban J connectivity index is 1.84. The van der Waals surface area contributed by atoms with Gasteiger partial charge in [-0.1, -0.05) is 29.8 Å². The molecule has 21 heavy (non-hydrogen) atoms. The highest BCUT2D eigenvalue weighted by molar-refractivity contribution is 7.14. The number of aryl methyl sites for hydroxylation is 1. The number of aromatic nitrogens is 1. The van der Waals surface area contributed by atoms with Gasteiger partial charge in [-0.3, -0.25) is 0 Å². The number of para-hydroxylation sites is 1. The molecule has 1 heterocycles. The SMILES string of the molecule is COc1ccccc1-c1csc(Nc2ccc(C)cc2)n1. The molecule has 0 amide bonds. The standard InChI is InChI=1S/C17H16N2OS/c1-12-7-9-13(10-8-12)18-17-19-15(11-21-17)14-5-3-4-6-16(14)20-2/h3-11H,1-2H3,(H,18,19). The maximum atomic E-state index is 5.38. The summed E-state index contributed by atoms with van der Waals surface area (Å²) in [5.41, 5.74) is 4.22. The number of hydrogen-bond acceptors (Lipinski definition) is 4. The second-order valence-electron chi connectivity index (χ2n) is 4.73. The van der Waals surface area contributed by atoms with Gasteiger partial charge in [-0.15, -0.1) is 11.3 Å². The van der Waals surface area contributed by atoms with Gasteiger partial charge in [0, 0.05) is 16.6 Å². The van der Waals surface area contributed by atoms with E-state index in [0.717, 1.165) is 27.8 Å². The highest BCUT2D eigenvalue weighted by Gasteiger charge is 2.09. The van der Waals surface area contributed by atoms with E-state index in [9.17, 15) is 0 Å². The van der Waals surface area contributed by atoms with Gasteiger partial charge in [-0.2, -0.15) is 0 Å². The molecule has 2 aromatic carbocycles. The van der Waals surface area contributed by atoms with Crippen molar-refractivity contribution in [2.24, 2.45) is 0 Å². The summed E-state index contributed by atoms with van der Waals surface area (Å²) in [5.74, 6) is 0.838. The average molecular weight is 296 g/mol. The van der Waals surface area contributed by atoms with Crippen molar-refractivity contribution in [2.75, 3.05) is 12.4 Å². The van der Waals surface area contributed by atoms with Gasteiger partial charge in [0.1, 0.15) is 5.75 Å². The lowest BCUT2D eigenvalue weighted by Crippen LogP contribution is -1.90. The van der Waals surface area contributed by atoms with Crippen molar-refractivity contribution in [3.63, 3.8) is 0 Å². The Morgan fingerprint density at radius 1 is 1.05 bits per heavy atom. The largest absolute Gasteiger partial charge is 0.496 e. The molecule has 0 saturated carbocycles. The van der Waals surface area contributed by atoms with Crippen molar-refractivity contribution in [1.82, 2.24) is 4.98 Å². The van der Waals surface area contributed by atoms with Crippen LogP contribution in [0.25, 0.3) is 11.3 Å².